The summed E-state index contributed by atoms with van der Waals surface area (Å²) in [5.74, 6) is 0.298. The zero-order chi connectivity index (χ0) is 8.39. The molecule has 12 heavy (non-hydrogen) atoms. The highest BCUT2D eigenvalue weighted by Crippen LogP contribution is 2.34. The van der Waals surface area contributed by atoms with Crippen molar-refractivity contribution in [3.8, 4) is 0 Å². The molecule has 0 amide bonds. The van der Waals surface area contributed by atoms with Gasteiger partial charge in [-0.15, -0.1) is 0 Å². The molecule has 0 fully saturated rings. The van der Waals surface area contributed by atoms with E-state index in [1.54, 1.807) is 5.57 Å². The molecule has 0 spiro atoms. The van der Waals surface area contributed by atoms with Gasteiger partial charge in [-0.25, -0.2) is 0 Å². The average molecular weight is 162 g/mol. The van der Waals surface area contributed by atoms with Crippen LogP contribution in [0.25, 0.3) is 0 Å². The molecule has 0 aromatic rings. The van der Waals surface area contributed by atoms with E-state index in [2.05, 4.69) is 12.2 Å². The summed E-state index contributed by atoms with van der Waals surface area (Å²) in [7, 11) is 0. The van der Waals surface area contributed by atoms with Crippen molar-refractivity contribution < 1.29 is 4.79 Å². The zero-order valence-electron chi connectivity index (χ0n) is 7.25. The summed E-state index contributed by atoms with van der Waals surface area (Å²) in [4.78, 5) is 10.6. The van der Waals surface area contributed by atoms with Gasteiger partial charge in [0.05, 0.1) is 0 Å². The van der Waals surface area contributed by atoms with Gasteiger partial charge < -0.3 is 4.79 Å². The molecule has 1 unspecified atom stereocenters. The van der Waals surface area contributed by atoms with Crippen LogP contribution in [0.4, 0.5) is 0 Å². The van der Waals surface area contributed by atoms with Crippen LogP contribution in [0.2, 0.25) is 0 Å². The maximum Gasteiger partial charge on any atom is 0.123 e. The van der Waals surface area contributed by atoms with Crippen molar-refractivity contribution in [3.05, 3.63) is 23.3 Å². The van der Waals surface area contributed by atoms with E-state index in [9.17, 15) is 4.79 Å². The van der Waals surface area contributed by atoms with Gasteiger partial charge in [-0.2, -0.15) is 0 Å². The van der Waals surface area contributed by atoms with Gasteiger partial charge in [-0.3, -0.25) is 0 Å². The fourth-order valence-electron chi connectivity index (χ4n) is 2.12. The van der Waals surface area contributed by atoms with Gasteiger partial charge >= 0.3 is 0 Å². The Labute approximate surface area is 73.2 Å². The molecule has 2 rings (SSSR count). The van der Waals surface area contributed by atoms with Crippen molar-refractivity contribution in [1.29, 1.82) is 0 Å². The Morgan fingerprint density at radius 2 is 2.33 bits per heavy atom. The highest BCUT2D eigenvalue weighted by molar-refractivity contribution is 5.56. The minimum atomic E-state index is 0.298. The summed E-state index contributed by atoms with van der Waals surface area (Å²) in [6.07, 6.45) is 11.2. The first-order chi connectivity index (χ1) is 5.90. The number of carbonyl (C=O) groups is 1. The second kappa shape index (κ2) is 3.26. The van der Waals surface area contributed by atoms with Gasteiger partial charge in [0.1, 0.15) is 6.29 Å². The van der Waals surface area contributed by atoms with Crippen LogP contribution in [0.15, 0.2) is 23.3 Å². The third-order valence-corrected chi connectivity index (χ3v) is 2.88. The molecule has 1 nitrogen and oxygen atoms in total. The zero-order valence-corrected chi connectivity index (χ0v) is 7.25. The molecule has 0 aromatic heterocycles. The van der Waals surface area contributed by atoms with Gasteiger partial charge in [-0.05, 0) is 37.7 Å². The fraction of sp³-hybridized carbons (Fsp3) is 0.545. The Balaban J connectivity index is 2.16. The number of allylic oxidation sites excluding steroid dienone is 4. The maximum absolute atomic E-state index is 10.6. The summed E-state index contributed by atoms with van der Waals surface area (Å²) in [6, 6.07) is 0. The number of aldehydes is 1. The minimum Gasteiger partial charge on any atom is -0.303 e. The quantitative estimate of drug-likeness (QED) is 0.542. The van der Waals surface area contributed by atoms with Crippen LogP contribution in [0.3, 0.4) is 0 Å². The normalized spacial score (nSPS) is 28.5. The first-order valence-corrected chi connectivity index (χ1v) is 4.73. The Kier molecular flexibility index (Phi) is 2.11. The smallest absolute Gasteiger partial charge is 0.123 e. The topological polar surface area (TPSA) is 17.1 Å². The van der Waals surface area contributed by atoms with Crippen LogP contribution in [-0.4, -0.2) is 6.29 Å². The monoisotopic (exact) mass is 162 g/mol. The number of hydrogen-bond donors (Lipinski definition) is 0. The molecule has 0 aliphatic heterocycles. The lowest BCUT2D eigenvalue weighted by atomic mass is 9.81. The average Bonchev–Trinajstić information content (AvgIpc) is 2.17. The lowest BCUT2D eigenvalue weighted by molar-refractivity contribution is -0.111. The summed E-state index contributed by atoms with van der Waals surface area (Å²) in [5.41, 5.74) is 3.06. The fourth-order valence-corrected chi connectivity index (χ4v) is 2.12. The first-order valence-electron chi connectivity index (χ1n) is 4.73. The number of hydrogen-bond acceptors (Lipinski definition) is 1. The van der Waals surface area contributed by atoms with Crippen LogP contribution in [0, 0.1) is 5.92 Å². The van der Waals surface area contributed by atoms with E-state index in [0.29, 0.717) is 5.92 Å². The van der Waals surface area contributed by atoms with Crippen molar-refractivity contribution >= 4 is 6.29 Å². The number of carbonyl (C=O) groups excluding carboxylic acids is 1. The van der Waals surface area contributed by atoms with Gasteiger partial charge in [0.25, 0.3) is 0 Å². The predicted octanol–water partition coefficient (Wildman–Crippen LogP) is 2.63. The Hall–Kier alpha value is -0.850. The summed E-state index contributed by atoms with van der Waals surface area (Å²) < 4.78 is 0. The Bertz CT molecular complexity index is 248. The molecule has 0 saturated carbocycles. The highest BCUT2D eigenvalue weighted by atomic mass is 16.1. The van der Waals surface area contributed by atoms with Crippen LogP contribution in [-0.2, 0) is 4.79 Å². The molecule has 2 aliphatic rings. The SMILES string of the molecule is O=CC1CCC2=C(C=CCC2)C1. The Morgan fingerprint density at radius 3 is 3.17 bits per heavy atom. The maximum atomic E-state index is 10.6. The van der Waals surface area contributed by atoms with E-state index in [0.717, 1.165) is 25.5 Å². The molecule has 0 heterocycles. The van der Waals surface area contributed by atoms with Gasteiger partial charge in [0, 0.05) is 5.92 Å². The standard InChI is InChI=1S/C11H14O/c12-8-9-5-6-10-3-1-2-4-11(10)7-9/h2,4,8-9H,1,3,5-7H2. The summed E-state index contributed by atoms with van der Waals surface area (Å²) in [5, 5.41) is 0. The van der Waals surface area contributed by atoms with Crippen molar-refractivity contribution in [2.75, 3.05) is 0 Å². The molecule has 1 atom stereocenters. The molecule has 2 aliphatic carbocycles. The van der Waals surface area contributed by atoms with Crippen LogP contribution in [0.1, 0.15) is 32.1 Å². The second-order valence-electron chi connectivity index (χ2n) is 3.71. The molecule has 0 aromatic carbocycles. The summed E-state index contributed by atoms with van der Waals surface area (Å²) >= 11 is 0. The lowest BCUT2D eigenvalue weighted by Crippen LogP contribution is -2.12. The van der Waals surface area contributed by atoms with Crippen LogP contribution in [0.5, 0.6) is 0 Å². The molecule has 0 N–H and O–H groups in total. The molecule has 0 radical (unpaired) electrons. The molecular formula is C11H14O. The van der Waals surface area contributed by atoms with E-state index in [1.807, 2.05) is 0 Å². The van der Waals surface area contributed by atoms with E-state index in [-0.39, 0.29) is 0 Å². The van der Waals surface area contributed by atoms with Gasteiger partial charge in [0.15, 0.2) is 0 Å². The second-order valence-corrected chi connectivity index (χ2v) is 3.71. The van der Waals surface area contributed by atoms with E-state index in [1.165, 1.54) is 18.4 Å². The summed E-state index contributed by atoms with van der Waals surface area (Å²) in [6.45, 7) is 0. The third kappa shape index (κ3) is 1.36. The van der Waals surface area contributed by atoms with E-state index < -0.39 is 0 Å². The highest BCUT2D eigenvalue weighted by Gasteiger charge is 2.19. The molecule has 0 bridgehead atoms. The molecule has 0 saturated heterocycles. The lowest BCUT2D eigenvalue weighted by Gasteiger charge is -2.24. The molecule has 64 valence electrons. The van der Waals surface area contributed by atoms with Gasteiger partial charge in [0.2, 0.25) is 0 Å². The third-order valence-electron chi connectivity index (χ3n) is 2.88. The molecular weight excluding hydrogens is 148 g/mol. The van der Waals surface area contributed by atoms with Crippen LogP contribution < -0.4 is 0 Å². The van der Waals surface area contributed by atoms with Crippen molar-refractivity contribution in [1.82, 2.24) is 0 Å². The van der Waals surface area contributed by atoms with Crippen molar-refractivity contribution in [2.45, 2.75) is 32.1 Å². The minimum absolute atomic E-state index is 0.298. The number of rotatable bonds is 1. The largest absolute Gasteiger partial charge is 0.303 e. The van der Waals surface area contributed by atoms with E-state index >= 15 is 0 Å². The van der Waals surface area contributed by atoms with Crippen molar-refractivity contribution in [3.63, 3.8) is 0 Å². The van der Waals surface area contributed by atoms with Gasteiger partial charge in [-0.1, -0.05) is 17.7 Å². The Morgan fingerprint density at radius 1 is 1.42 bits per heavy atom. The van der Waals surface area contributed by atoms with Crippen LogP contribution >= 0.6 is 0 Å². The predicted molar refractivity (Wildman–Crippen MR) is 48.8 cm³/mol. The van der Waals surface area contributed by atoms with E-state index in [4.69, 9.17) is 0 Å². The molecule has 1 heteroatoms. The van der Waals surface area contributed by atoms with Crippen molar-refractivity contribution in [2.24, 2.45) is 5.92 Å². The first kappa shape index (κ1) is 7.78.